The standard InChI is InChI=1S/C12H15N3O4S3/c13-21(16,17)10-2-1-5-15(7-10)22(18,19)9-3-4-11-12(6-9)20-8-14-11/h3-4,6,8,10H,1-2,5,7H2,(H2,13,16,17). The first-order valence-corrected chi connectivity index (χ1v) is 10.6. The number of hydrogen-bond acceptors (Lipinski definition) is 6. The topological polar surface area (TPSA) is 110 Å². The van der Waals surface area contributed by atoms with E-state index in [0.29, 0.717) is 19.4 Å². The summed E-state index contributed by atoms with van der Waals surface area (Å²) in [6.45, 7) is 0.205. The first-order chi connectivity index (χ1) is 10.3. The van der Waals surface area contributed by atoms with E-state index in [2.05, 4.69) is 4.98 Å². The minimum Gasteiger partial charge on any atom is -0.245 e. The van der Waals surface area contributed by atoms with Crippen LogP contribution in [0.2, 0.25) is 0 Å². The highest BCUT2D eigenvalue weighted by atomic mass is 32.2. The Morgan fingerprint density at radius 2 is 2.05 bits per heavy atom. The maximum Gasteiger partial charge on any atom is 0.243 e. The van der Waals surface area contributed by atoms with E-state index in [-0.39, 0.29) is 11.4 Å². The van der Waals surface area contributed by atoms with Crippen LogP contribution in [0.1, 0.15) is 12.8 Å². The van der Waals surface area contributed by atoms with Gasteiger partial charge in [-0.2, -0.15) is 4.31 Å². The molecule has 1 fully saturated rings. The lowest BCUT2D eigenvalue weighted by molar-refractivity contribution is 0.346. The number of nitrogens with two attached hydrogens (primary N) is 1. The van der Waals surface area contributed by atoms with Crippen molar-refractivity contribution in [3.05, 3.63) is 23.7 Å². The van der Waals surface area contributed by atoms with Gasteiger partial charge in [-0.15, -0.1) is 11.3 Å². The van der Waals surface area contributed by atoms with Crippen LogP contribution in [0, 0.1) is 0 Å². The molecular weight excluding hydrogens is 346 g/mol. The van der Waals surface area contributed by atoms with Crippen LogP contribution in [0.5, 0.6) is 0 Å². The number of aromatic nitrogens is 1. The second-order valence-corrected chi connectivity index (χ2v) is 9.87. The van der Waals surface area contributed by atoms with Crippen molar-refractivity contribution < 1.29 is 16.8 Å². The van der Waals surface area contributed by atoms with Gasteiger partial charge in [0.2, 0.25) is 20.0 Å². The van der Waals surface area contributed by atoms with E-state index in [0.717, 1.165) is 10.2 Å². The lowest BCUT2D eigenvalue weighted by Gasteiger charge is -2.30. The Labute approximate surface area is 132 Å². The molecule has 2 aromatic rings. The third-order valence-electron chi connectivity index (χ3n) is 3.75. The van der Waals surface area contributed by atoms with Crippen LogP contribution >= 0.6 is 11.3 Å². The molecule has 2 N–H and O–H groups in total. The monoisotopic (exact) mass is 361 g/mol. The summed E-state index contributed by atoms with van der Waals surface area (Å²) in [4.78, 5) is 4.27. The van der Waals surface area contributed by atoms with Crippen LogP contribution in [0.25, 0.3) is 10.2 Å². The third kappa shape index (κ3) is 2.88. The van der Waals surface area contributed by atoms with Gasteiger partial charge in [-0.1, -0.05) is 0 Å². The average molecular weight is 361 g/mol. The molecule has 0 radical (unpaired) electrons. The van der Waals surface area contributed by atoms with Crippen molar-refractivity contribution in [1.82, 2.24) is 9.29 Å². The zero-order valence-electron chi connectivity index (χ0n) is 11.5. The molecule has 1 saturated heterocycles. The Kier molecular flexibility index (Phi) is 3.98. The summed E-state index contributed by atoms with van der Waals surface area (Å²) in [5, 5.41) is 4.31. The number of fused-ring (bicyclic) bond motifs is 1. The van der Waals surface area contributed by atoms with Gasteiger partial charge in [0.1, 0.15) is 0 Å². The van der Waals surface area contributed by atoms with Crippen molar-refractivity contribution >= 4 is 41.6 Å². The van der Waals surface area contributed by atoms with Gasteiger partial charge < -0.3 is 0 Å². The van der Waals surface area contributed by atoms with Gasteiger partial charge in [0.05, 0.1) is 25.9 Å². The fourth-order valence-corrected chi connectivity index (χ4v) is 5.86. The summed E-state index contributed by atoms with van der Waals surface area (Å²) >= 11 is 1.36. The summed E-state index contributed by atoms with van der Waals surface area (Å²) in [5.41, 5.74) is 2.39. The number of rotatable bonds is 3. The van der Waals surface area contributed by atoms with E-state index in [9.17, 15) is 16.8 Å². The van der Waals surface area contributed by atoms with E-state index in [1.165, 1.54) is 21.7 Å². The van der Waals surface area contributed by atoms with Crippen LogP contribution in [0.15, 0.2) is 28.6 Å². The fraction of sp³-hybridized carbons (Fsp3) is 0.417. The molecule has 0 bridgehead atoms. The van der Waals surface area contributed by atoms with E-state index in [1.54, 1.807) is 17.6 Å². The highest BCUT2D eigenvalue weighted by Crippen LogP contribution is 2.26. The Bertz CT molecular complexity index is 905. The van der Waals surface area contributed by atoms with Crippen LogP contribution in [-0.4, -0.2) is 44.5 Å². The van der Waals surface area contributed by atoms with Gasteiger partial charge in [-0.3, -0.25) is 0 Å². The van der Waals surface area contributed by atoms with Crippen molar-refractivity contribution in [2.45, 2.75) is 23.0 Å². The Balaban J connectivity index is 1.94. The number of benzene rings is 1. The Hall–Kier alpha value is -1.07. The summed E-state index contributed by atoms with van der Waals surface area (Å²) < 4.78 is 50.4. The zero-order chi connectivity index (χ0) is 16.0. The summed E-state index contributed by atoms with van der Waals surface area (Å²) in [5.74, 6) is 0. The molecule has 1 aliphatic rings. The Morgan fingerprint density at radius 1 is 1.27 bits per heavy atom. The molecule has 0 saturated carbocycles. The first-order valence-electron chi connectivity index (χ1n) is 6.63. The van der Waals surface area contributed by atoms with Crippen LogP contribution in [0.3, 0.4) is 0 Å². The molecule has 2 heterocycles. The molecule has 7 nitrogen and oxygen atoms in total. The molecule has 0 aliphatic carbocycles. The van der Waals surface area contributed by atoms with E-state index in [4.69, 9.17) is 5.14 Å². The predicted molar refractivity (Wildman–Crippen MR) is 84.5 cm³/mol. The second-order valence-electron chi connectivity index (χ2n) is 5.20. The van der Waals surface area contributed by atoms with Gasteiger partial charge in [-0.25, -0.2) is 27.0 Å². The molecule has 120 valence electrons. The lowest BCUT2D eigenvalue weighted by atomic mass is 10.2. The van der Waals surface area contributed by atoms with Crippen LogP contribution in [-0.2, 0) is 20.0 Å². The molecular formula is C12H15N3O4S3. The third-order valence-corrected chi connectivity index (χ3v) is 7.71. The Morgan fingerprint density at radius 3 is 2.77 bits per heavy atom. The van der Waals surface area contributed by atoms with E-state index < -0.39 is 25.3 Å². The number of nitrogens with zero attached hydrogens (tertiary/aromatic N) is 2. The maximum atomic E-state index is 12.7. The number of primary sulfonamides is 1. The summed E-state index contributed by atoms with van der Waals surface area (Å²) in [7, 11) is -7.47. The fourth-order valence-electron chi connectivity index (χ4n) is 2.54. The van der Waals surface area contributed by atoms with E-state index in [1.807, 2.05) is 0 Å². The maximum absolute atomic E-state index is 12.7. The summed E-state index contributed by atoms with van der Waals surface area (Å²) in [6, 6.07) is 4.72. The summed E-state index contributed by atoms with van der Waals surface area (Å²) in [6.07, 6.45) is 0.863. The second kappa shape index (κ2) is 5.53. The van der Waals surface area contributed by atoms with Gasteiger partial charge in [-0.05, 0) is 31.0 Å². The van der Waals surface area contributed by atoms with Crippen molar-refractivity contribution in [1.29, 1.82) is 0 Å². The smallest absolute Gasteiger partial charge is 0.243 e. The van der Waals surface area contributed by atoms with Crippen molar-refractivity contribution in [2.75, 3.05) is 13.1 Å². The molecule has 1 unspecified atom stereocenters. The predicted octanol–water partition coefficient (Wildman–Crippen LogP) is 0.738. The van der Waals surface area contributed by atoms with Crippen molar-refractivity contribution in [2.24, 2.45) is 5.14 Å². The van der Waals surface area contributed by atoms with Crippen LogP contribution in [0.4, 0.5) is 0 Å². The van der Waals surface area contributed by atoms with Gasteiger partial charge in [0.25, 0.3) is 0 Å². The highest BCUT2D eigenvalue weighted by molar-refractivity contribution is 7.90. The van der Waals surface area contributed by atoms with Crippen molar-refractivity contribution in [3.63, 3.8) is 0 Å². The molecule has 1 aliphatic heterocycles. The SMILES string of the molecule is NS(=O)(=O)C1CCCN(S(=O)(=O)c2ccc3ncsc3c2)C1. The molecule has 10 heteroatoms. The largest absolute Gasteiger partial charge is 0.245 e. The minimum atomic E-state index is -3.74. The average Bonchev–Trinajstić information content (AvgIpc) is 2.94. The number of piperidine rings is 1. The first kappa shape index (κ1) is 15.8. The quantitative estimate of drug-likeness (QED) is 0.867. The van der Waals surface area contributed by atoms with E-state index >= 15 is 0 Å². The number of hydrogen-bond donors (Lipinski definition) is 1. The minimum absolute atomic E-state index is 0.0953. The molecule has 1 atom stereocenters. The van der Waals surface area contributed by atoms with Gasteiger partial charge >= 0.3 is 0 Å². The lowest BCUT2D eigenvalue weighted by Crippen LogP contribution is -2.46. The van der Waals surface area contributed by atoms with Crippen molar-refractivity contribution in [3.8, 4) is 0 Å². The molecule has 22 heavy (non-hydrogen) atoms. The molecule has 3 rings (SSSR count). The van der Waals surface area contributed by atoms with Gasteiger partial charge in [0.15, 0.2) is 0 Å². The number of sulfonamides is 2. The highest BCUT2D eigenvalue weighted by Gasteiger charge is 2.34. The normalized spacial score (nSPS) is 21.2. The number of thiazole rings is 1. The molecule has 0 spiro atoms. The zero-order valence-corrected chi connectivity index (χ0v) is 14.0. The molecule has 1 aromatic heterocycles. The van der Waals surface area contributed by atoms with Gasteiger partial charge in [0, 0.05) is 13.1 Å². The molecule has 0 amide bonds. The van der Waals surface area contributed by atoms with Crippen LogP contribution < -0.4 is 5.14 Å². The molecule has 1 aromatic carbocycles.